The van der Waals surface area contributed by atoms with Crippen LogP contribution in [0.1, 0.15) is 26.8 Å². The summed E-state index contributed by atoms with van der Waals surface area (Å²) in [6.45, 7) is 6.61. The molecule has 0 bridgehead atoms. The third-order valence-electron chi connectivity index (χ3n) is 2.31. The van der Waals surface area contributed by atoms with Crippen LogP contribution in [0.15, 0.2) is 17.2 Å². The lowest BCUT2D eigenvalue weighted by atomic mass is 10.2. The van der Waals surface area contributed by atoms with E-state index in [1.165, 1.54) is 0 Å². The summed E-state index contributed by atoms with van der Waals surface area (Å²) in [6, 6.07) is 0.140. The summed E-state index contributed by atoms with van der Waals surface area (Å²) in [6.07, 6.45) is 3.33. The van der Waals surface area contributed by atoms with Gasteiger partial charge in [-0.05, 0) is 19.8 Å². The number of alkyl halides is 1. The van der Waals surface area contributed by atoms with Crippen LogP contribution in [-0.2, 0) is 0 Å². The van der Waals surface area contributed by atoms with Crippen LogP contribution in [0.5, 0.6) is 0 Å². The lowest BCUT2D eigenvalue weighted by Crippen LogP contribution is -2.27. The van der Waals surface area contributed by atoms with Crippen molar-refractivity contribution in [2.45, 2.75) is 26.8 Å². The van der Waals surface area contributed by atoms with Crippen molar-refractivity contribution in [1.29, 1.82) is 0 Å². The van der Waals surface area contributed by atoms with Crippen LogP contribution in [0, 0.1) is 5.92 Å². The van der Waals surface area contributed by atoms with Crippen molar-refractivity contribution >= 4 is 17.4 Å². The zero-order valence-electron chi connectivity index (χ0n) is 9.90. The molecule has 0 fully saturated rings. The highest BCUT2D eigenvalue weighted by molar-refractivity contribution is 6.18. The third-order valence-corrected chi connectivity index (χ3v) is 2.83. The van der Waals surface area contributed by atoms with E-state index in [1.54, 1.807) is 17.0 Å². The Morgan fingerprint density at radius 2 is 2.19 bits per heavy atom. The summed E-state index contributed by atoms with van der Waals surface area (Å²) in [7, 11) is 0. The first-order valence-corrected chi connectivity index (χ1v) is 5.96. The van der Waals surface area contributed by atoms with Gasteiger partial charge in [-0.15, -0.1) is 11.6 Å². The molecule has 90 valence electrons. The Morgan fingerprint density at radius 1 is 1.50 bits per heavy atom. The highest BCUT2D eigenvalue weighted by Gasteiger charge is 2.07. The fourth-order valence-corrected chi connectivity index (χ4v) is 1.39. The van der Waals surface area contributed by atoms with Gasteiger partial charge in [-0.25, -0.2) is 4.98 Å². The molecule has 0 aliphatic rings. The molecule has 0 aliphatic heterocycles. The third kappa shape index (κ3) is 3.23. The molecule has 1 heterocycles. The van der Waals surface area contributed by atoms with Gasteiger partial charge in [0, 0.05) is 30.9 Å². The smallest absolute Gasteiger partial charge is 0.293 e. The van der Waals surface area contributed by atoms with Gasteiger partial charge in [0.1, 0.15) is 0 Å². The van der Waals surface area contributed by atoms with E-state index in [4.69, 9.17) is 11.6 Å². The minimum Gasteiger partial charge on any atom is -0.365 e. The van der Waals surface area contributed by atoms with Gasteiger partial charge in [-0.3, -0.25) is 4.79 Å². The number of halogens is 1. The number of hydrogen-bond donors (Lipinski definition) is 1. The van der Waals surface area contributed by atoms with Crippen LogP contribution in [0.25, 0.3) is 0 Å². The van der Waals surface area contributed by atoms with Gasteiger partial charge < -0.3 is 9.88 Å². The van der Waals surface area contributed by atoms with Gasteiger partial charge in [-0.2, -0.15) is 0 Å². The molecule has 1 aromatic heterocycles. The average Bonchev–Trinajstić information content (AvgIpc) is 2.26. The van der Waals surface area contributed by atoms with E-state index in [0.29, 0.717) is 24.2 Å². The van der Waals surface area contributed by atoms with Gasteiger partial charge in [0.25, 0.3) is 5.56 Å². The Bertz CT molecular complexity index is 389. The standard InChI is InChI=1S/C11H18ClN3O/c1-8(2)15-5-4-13-10(11(15)16)14-7-9(3)6-12/h4-5,8-9H,6-7H2,1-3H3,(H,13,14). The molecule has 1 N–H and O–H groups in total. The summed E-state index contributed by atoms with van der Waals surface area (Å²) in [4.78, 5) is 16.0. The lowest BCUT2D eigenvalue weighted by Gasteiger charge is -2.13. The number of rotatable bonds is 5. The quantitative estimate of drug-likeness (QED) is 0.806. The second-order valence-corrected chi connectivity index (χ2v) is 4.53. The Hall–Kier alpha value is -1.03. The zero-order valence-corrected chi connectivity index (χ0v) is 10.7. The molecule has 1 unspecified atom stereocenters. The van der Waals surface area contributed by atoms with Crippen LogP contribution in [-0.4, -0.2) is 22.0 Å². The van der Waals surface area contributed by atoms with Gasteiger partial charge in [0.15, 0.2) is 5.82 Å². The molecule has 1 atom stereocenters. The van der Waals surface area contributed by atoms with Crippen molar-refractivity contribution in [2.24, 2.45) is 5.92 Å². The van der Waals surface area contributed by atoms with Crippen LogP contribution in [0.2, 0.25) is 0 Å². The lowest BCUT2D eigenvalue weighted by molar-refractivity contribution is 0.574. The Morgan fingerprint density at radius 3 is 2.75 bits per heavy atom. The molecule has 4 nitrogen and oxygen atoms in total. The van der Waals surface area contributed by atoms with E-state index in [-0.39, 0.29) is 11.6 Å². The maximum atomic E-state index is 11.9. The maximum absolute atomic E-state index is 11.9. The molecule has 1 aromatic rings. The molecule has 0 amide bonds. The van der Waals surface area contributed by atoms with E-state index < -0.39 is 0 Å². The molecule has 16 heavy (non-hydrogen) atoms. The van der Waals surface area contributed by atoms with E-state index in [2.05, 4.69) is 10.3 Å². The molecule has 5 heteroatoms. The van der Waals surface area contributed by atoms with Crippen LogP contribution >= 0.6 is 11.6 Å². The molecule has 0 saturated carbocycles. The predicted octanol–water partition coefficient (Wildman–Crippen LogP) is 2.11. The summed E-state index contributed by atoms with van der Waals surface area (Å²) < 4.78 is 1.65. The molecule has 0 radical (unpaired) electrons. The van der Waals surface area contributed by atoms with Crippen LogP contribution in [0.3, 0.4) is 0 Å². The topological polar surface area (TPSA) is 46.9 Å². The maximum Gasteiger partial charge on any atom is 0.293 e. The van der Waals surface area contributed by atoms with Gasteiger partial charge in [-0.1, -0.05) is 6.92 Å². The van der Waals surface area contributed by atoms with E-state index in [0.717, 1.165) is 0 Å². The fourth-order valence-electron chi connectivity index (χ4n) is 1.28. The average molecular weight is 244 g/mol. The molecule has 1 rings (SSSR count). The Kier molecular flexibility index (Phi) is 4.80. The van der Waals surface area contributed by atoms with Gasteiger partial charge >= 0.3 is 0 Å². The summed E-state index contributed by atoms with van der Waals surface area (Å²) in [5.74, 6) is 1.28. The Balaban J connectivity index is 2.82. The largest absolute Gasteiger partial charge is 0.365 e. The predicted molar refractivity (Wildman–Crippen MR) is 67.3 cm³/mol. The zero-order chi connectivity index (χ0) is 12.1. The fraction of sp³-hybridized carbons (Fsp3) is 0.636. The van der Waals surface area contributed by atoms with Gasteiger partial charge in [0.2, 0.25) is 0 Å². The summed E-state index contributed by atoms with van der Waals surface area (Å²) in [5.41, 5.74) is -0.0840. The molecule has 0 spiro atoms. The van der Waals surface area contributed by atoms with E-state index in [1.807, 2.05) is 20.8 Å². The number of hydrogen-bond acceptors (Lipinski definition) is 3. The first-order chi connectivity index (χ1) is 7.56. The van der Waals surface area contributed by atoms with Crippen molar-refractivity contribution in [3.05, 3.63) is 22.7 Å². The first-order valence-electron chi connectivity index (χ1n) is 5.43. The first kappa shape index (κ1) is 13.0. The molecule has 0 aliphatic carbocycles. The summed E-state index contributed by atoms with van der Waals surface area (Å²) in [5, 5.41) is 3.03. The van der Waals surface area contributed by atoms with Crippen LogP contribution in [0.4, 0.5) is 5.82 Å². The second kappa shape index (κ2) is 5.89. The van der Waals surface area contributed by atoms with Crippen molar-refractivity contribution in [3.8, 4) is 0 Å². The molecule has 0 aromatic carbocycles. The summed E-state index contributed by atoms with van der Waals surface area (Å²) >= 11 is 5.70. The van der Waals surface area contributed by atoms with Crippen molar-refractivity contribution in [3.63, 3.8) is 0 Å². The minimum absolute atomic E-state index is 0.0840. The minimum atomic E-state index is -0.0840. The van der Waals surface area contributed by atoms with Crippen molar-refractivity contribution in [1.82, 2.24) is 9.55 Å². The normalized spacial score (nSPS) is 12.8. The Labute approximate surface area is 101 Å². The highest BCUT2D eigenvalue weighted by Crippen LogP contribution is 2.03. The van der Waals surface area contributed by atoms with Gasteiger partial charge in [0.05, 0.1) is 0 Å². The number of aromatic nitrogens is 2. The molecular formula is C11H18ClN3O. The van der Waals surface area contributed by atoms with E-state index >= 15 is 0 Å². The molecule has 0 saturated heterocycles. The highest BCUT2D eigenvalue weighted by atomic mass is 35.5. The second-order valence-electron chi connectivity index (χ2n) is 4.22. The van der Waals surface area contributed by atoms with Crippen molar-refractivity contribution in [2.75, 3.05) is 17.7 Å². The number of nitrogens with one attached hydrogen (secondary N) is 1. The van der Waals surface area contributed by atoms with Crippen molar-refractivity contribution < 1.29 is 0 Å². The molecular weight excluding hydrogens is 226 g/mol. The van der Waals surface area contributed by atoms with E-state index in [9.17, 15) is 4.79 Å². The van der Waals surface area contributed by atoms with Crippen LogP contribution < -0.4 is 10.9 Å². The monoisotopic (exact) mass is 243 g/mol. The number of anilines is 1. The number of nitrogens with zero attached hydrogens (tertiary/aromatic N) is 2. The SMILES string of the molecule is CC(CCl)CNc1nccn(C(C)C)c1=O.